The van der Waals surface area contributed by atoms with E-state index in [9.17, 15) is 9.18 Å². The Morgan fingerprint density at radius 2 is 2.08 bits per heavy atom. The predicted molar refractivity (Wildman–Crippen MR) is 100 cm³/mol. The van der Waals surface area contributed by atoms with Gasteiger partial charge in [-0.2, -0.15) is 0 Å². The van der Waals surface area contributed by atoms with E-state index in [2.05, 4.69) is 20.1 Å². The Morgan fingerprint density at radius 3 is 2.81 bits per heavy atom. The van der Waals surface area contributed by atoms with Crippen LogP contribution in [0.3, 0.4) is 0 Å². The molecule has 0 aliphatic carbocycles. The number of alkyl halides is 1. The monoisotopic (exact) mass is 362 g/mol. The van der Waals surface area contributed by atoms with E-state index in [4.69, 9.17) is 0 Å². The van der Waals surface area contributed by atoms with E-state index < -0.39 is 0 Å². The van der Waals surface area contributed by atoms with Crippen molar-refractivity contribution in [3.63, 3.8) is 0 Å². The maximum absolute atomic E-state index is 12.6. The first-order valence-electron chi connectivity index (χ1n) is 9.96. The minimum atomic E-state index is -0.221. The van der Waals surface area contributed by atoms with E-state index in [0.717, 1.165) is 64.1 Å². The Labute approximate surface area is 156 Å². The lowest BCUT2D eigenvalue weighted by Crippen LogP contribution is -2.50. The van der Waals surface area contributed by atoms with Crippen LogP contribution >= 0.6 is 0 Å². The summed E-state index contributed by atoms with van der Waals surface area (Å²) in [6.45, 7) is 5.23. The number of pyridine rings is 1. The zero-order valence-corrected chi connectivity index (χ0v) is 15.6. The van der Waals surface area contributed by atoms with Crippen LogP contribution in [0.5, 0.6) is 0 Å². The number of halogens is 1. The molecule has 0 saturated carbocycles. The minimum Gasteiger partial charge on any atom is -0.350 e. The molecule has 2 aliphatic rings. The van der Waals surface area contributed by atoms with Crippen molar-refractivity contribution in [2.24, 2.45) is 5.92 Å². The van der Waals surface area contributed by atoms with Gasteiger partial charge in [-0.15, -0.1) is 0 Å². The first kappa shape index (κ1) is 19.2. The Kier molecular flexibility index (Phi) is 7.38. The van der Waals surface area contributed by atoms with Crippen LogP contribution in [0.25, 0.3) is 0 Å². The van der Waals surface area contributed by atoms with E-state index in [-0.39, 0.29) is 18.5 Å². The molecule has 0 radical (unpaired) electrons. The summed E-state index contributed by atoms with van der Waals surface area (Å²) in [5, 5.41) is 3.05. The standard InChI is InChI=1S/C20H31FN4O/c21-9-4-11-24-13-7-19(8-14-24)25-12-3-5-17(16-25)20(26)23-15-18-6-1-2-10-22-18/h1-2,6,10,17,19H,3-5,7-9,11-16H2,(H,23,26)/t17-/m1/s1. The largest absolute Gasteiger partial charge is 0.350 e. The van der Waals surface area contributed by atoms with Crippen molar-refractivity contribution in [1.29, 1.82) is 0 Å². The Morgan fingerprint density at radius 1 is 1.23 bits per heavy atom. The second-order valence-corrected chi connectivity index (χ2v) is 7.49. The van der Waals surface area contributed by atoms with Crippen LogP contribution in [0.2, 0.25) is 0 Å². The van der Waals surface area contributed by atoms with Gasteiger partial charge in [-0.05, 0) is 63.9 Å². The summed E-state index contributed by atoms with van der Waals surface area (Å²) in [6.07, 6.45) is 6.73. The fourth-order valence-electron chi connectivity index (χ4n) is 4.17. The highest BCUT2D eigenvalue weighted by Gasteiger charge is 2.31. The summed E-state index contributed by atoms with van der Waals surface area (Å²) in [5.74, 6) is 0.234. The zero-order valence-electron chi connectivity index (χ0n) is 15.6. The number of rotatable bonds is 7. The normalized spacial score (nSPS) is 23.0. The van der Waals surface area contributed by atoms with Gasteiger partial charge in [-0.3, -0.25) is 19.1 Å². The number of hydrogen-bond donors (Lipinski definition) is 1. The highest BCUT2D eigenvalue weighted by atomic mass is 19.1. The van der Waals surface area contributed by atoms with Crippen molar-refractivity contribution in [3.05, 3.63) is 30.1 Å². The van der Waals surface area contributed by atoms with Crippen molar-refractivity contribution >= 4 is 5.91 Å². The third-order valence-electron chi connectivity index (χ3n) is 5.67. The molecule has 3 heterocycles. The number of aromatic nitrogens is 1. The molecule has 26 heavy (non-hydrogen) atoms. The van der Waals surface area contributed by atoms with Crippen molar-refractivity contribution in [2.75, 3.05) is 39.4 Å². The van der Waals surface area contributed by atoms with Gasteiger partial charge in [0.25, 0.3) is 0 Å². The number of amides is 1. The van der Waals surface area contributed by atoms with Gasteiger partial charge in [0.05, 0.1) is 24.8 Å². The van der Waals surface area contributed by atoms with Crippen LogP contribution in [-0.2, 0) is 11.3 Å². The summed E-state index contributed by atoms with van der Waals surface area (Å²) < 4.78 is 12.3. The molecule has 2 fully saturated rings. The average molecular weight is 362 g/mol. The van der Waals surface area contributed by atoms with Crippen LogP contribution < -0.4 is 5.32 Å². The van der Waals surface area contributed by atoms with Gasteiger partial charge in [0.15, 0.2) is 0 Å². The van der Waals surface area contributed by atoms with Gasteiger partial charge in [-0.1, -0.05) is 6.07 Å². The highest BCUT2D eigenvalue weighted by Crippen LogP contribution is 2.24. The molecule has 1 aromatic rings. The van der Waals surface area contributed by atoms with Crippen molar-refractivity contribution in [2.45, 2.75) is 44.7 Å². The van der Waals surface area contributed by atoms with Crippen LogP contribution in [-0.4, -0.2) is 66.1 Å². The van der Waals surface area contributed by atoms with Gasteiger partial charge in [0, 0.05) is 25.3 Å². The fraction of sp³-hybridized carbons (Fsp3) is 0.700. The fourth-order valence-corrected chi connectivity index (χ4v) is 4.17. The number of carbonyl (C=O) groups is 1. The molecule has 0 unspecified atom stereocenters. The molecule has 3 rings (SSSR count). The smallest absolute Gasteiger partial charge is 0.224 e. The maximum atomic E-state index is 12.6. The van der Waals surface area contributed by atoms with Crippen LogP contribution in [0, 0.1) is 5.92 Å². The van der Waals surface area contributed by atoms with E-state index in [1.807, 2.05) is 18.2 Å². The zero-order chi connectivity index (χ0) is 18.2. The third-order valence-corrected chi connectivity index (χ3v) is 5.67. The number of carbonyl (C=O) groups excluding carboxylic acids is 1. The second-order valence-electron chi connectivity index (χ2n) is 7.49. The van der Waals surface area contributed by atoms with Crippen LogP contribution in [0.4, 0.5) is 4.39 Å². The molecule has 2 saturated heterocycles. The molecule has 144 valence electrons. The molecular formula is C20H31FN4O. The summed E-state index contributed by atoms with van der Waals surface area (Å²) in [4.78, 5) is 21.7. The Bertz CT molecular complexity index is 548. The first-order valence-corrected chi connectivity index (χ1v) is 9.96. The number of piperidine rings is 2. The van der Waals surface area contributed by atoms with Crippen molar-refractivity contribution < 1.29 is 9.18 Å². The first-order chi connectivity index (χ1) is 12.8. The summed E-state index contributed by atoms with van der Waals surface area (Å²) in [6, 6.07) is 6.33. The van der Waals surface area contributed by atoms with Gasteiger partial charge < -0.3 is 10.2 Å². The Balaban J connectivity index is 1.43. The number of hydrogen-bond acceptors (Lipinski definition) is 4. The molecule has 1 aromatic heterocycles. The summed E-state index contributed by atoms with van der Waals surface area (Å²) in [5.41, 5.74) is 0.897. The predicted octanol–water partition coefficient (Wildman–Crippen LogP) is 2.23. The lowest BCUT2D eigenvalue weighted by atomic mass is 9.93. The third kappa shape index (κ3) is 5.48. The molecule has 1 atom stereocenters. The maximum Gasteiger partial charge on any atom is 0.224 e. The van der Waals surface area contributed by atoms with Gasteiger partial charge >= 0.3 is 0 Å². The second kappa shape index (κ2) is 9.97. The van der Waals surface area contributed by atoms with Crippen LogP contribution in [0.15, 0.2) is 24.4 Å². The van der Waals surface area contributed by atoms with E-state index in [1.54, 1.807) is 6.20 Å². The quantitative estimate of drug-likeness (QED) is 0.808. The van der Waals surface area contributed by atoms with Crippen LogP contribution in [0.1, 0.15) is 37.8 Å². The molecule has 0 aromatic carbocycles. The van der Waals surface area contributed by atoms with E-state index >= 15 is 0 Å². The van der Waals surface area contributed by atoms with Gasteiger partial charge in [0.2, 0.25) is 5.91 Å². The average Bonchev–Trinajstić information content (AvgIpc) is 2.71. The highest BCUT2D eigenvalue weighted by molar-refractivity contribution is 5.78. The molecule has 0 bridgehead atoms. The molecule has 2 aliphatic heterocycles. The molecule has 6 heteroatoms. The topological polar surface area (TPSA) is 48.5 Å². The van der Waals surface area contributed by atoms with Crippen molar-refractivity contribution in [1.82, 2.24) is 20.1 Å². The molecule has 1 N–H and O–H groups in total. The number of nitrogens with zero attached hydrogens (tertiary/aromatic N) is 3. The SMILES string of the molecule is O=C(NCc1ccccn1)[C@@H]1CCCN(C2CCN(CCCF)CC2)C1. The number of likely N-dealkylation sites (tertiary alicyclic amines) is 2. The van der Waals surface area contributed by atoms with E-state index in [1.165, 1.54) is 0 Å². The number of nitrogens with one attached hydrogen (secondary N) is 1. The van der Waals surface area contributed by atoms with E-state index in [0.29, 0.717) is 19.0 Å². The lowest BCUT2D eigenvalue weighted by Gasteiger charge is -2.42. The van der Waals surface area contributed by atoms with Crippen molar-refractivity contribution in [3.8, 4) is 0 Å². The summed E-state index contributed by atoms with van der Waals surface area (Å²) >= 11 is 0. The summed E-state index contributed by atoms with van der Waals surface area (Å²) in [7, 11) is 0. The molecular weight excluding hydrogens is 331 g/mol. The van der Waals surface area contributed by atoms with Gasteiger partial charge in [-0.25, -0.2) is 0 Å². The van der Waals surface area contributed by atoms with Gasteiger partial charge in [0.1, 0.15) is 0 Å². The Hall–Kier alpha value is -1.53. The molecule has 5 nitrogen and oxygen atoms in total. The lowest BCUT2D eigenvalue weighted by molar-refractivity contribution is -0.127. The molecule has 0 spiro atoms. The minimum absolute atomic E-state index is 0.0806. The molecule has 1 amide bonds.